The number of thioether (sulfide) groups is 16. The van der Waals surface area contributed by atoms with E-state index in [2.05, 4.69) is 0 Å². The molecule has 0 saturated carbocycles. The highest BCUT2D eigenvalue weighted by Crippen LogP contribution is 2.35. The number of esters is 8. The summed E-state index contributed by atoms with van der Waals surface area (Å²) in [6.07, 6.45) is -1.15. The highest BCUT2D eigenvalue weighted by Gasteiger charge is 2.43. The van der Waals surface area contributed by atoms with Crippen LogP contribution in [-0.4, -0.2) is 201 Å². The molecule has 8 aromatic rings. The van der Waals surface area contributed by atoms with E-state index in [0.29, 0.717) is 74.3 Å². The molecule has 0 aliphatic heterocycles. The van der Waals surface area contributed by atoms with Gasteiger partial charge in [0, 0.05) is 92.0 Å². The average molecular weight is 2410 g/mol. The Morgan fingerprint density at radius 2 is 0.276 bits per heavy atom. The van der Waals surface area contributed by atoms with Crippen LogP contribution in [0.2, 0.25) is 0 Å². The fourth-order valence-electron chi connectivity index (χ4n) is 12.0. The second-order valence-electron chi connectivity index (χ2n) is 31.8. The van der Waals surface area contributed by atoms with Gasteiger partial charge in [-0.25, -0.2) is 0 Å². The van der Waals surface area contributed by atoms with Gasteiger partial charge in [0.1, 0.15) is 81.1 Å². The third-order valence-electron chi connectivity index (χ3n) is 19.8. The molecule has 0 unspecified atom stereocenters. The van der Waals surface area contributed by atoms with Crippen LogP contribution in [-0.2, 0) is 132 Å². The number of hydrogen-bond donors (Lipinski definition) is 0. The predicted molar refractivity (Wildman–Crippen MR) is 656 cm³/mol. The van der Waals surface area contributed by atoms with Crippen molar-refractivity contribution in [2.24, 2.45) is 16.2 Å². The third kappa shape index (κ3) is 59.1. The van der Waals surface area contributed by atoms with Crippen molar-refractivity contribution in [1.82, 2.24) is 0 Å². The Morgan fingerprint density at radius 3 is 0.393 bits per heavy atom. The summed E-state index contributed by atoms with van der Waals surface area (Å²) in [5.41, 5.74) is 3.18. The molecule has 0 saturated heterocycles. The van der Waals surface area contributed by atoms with Crippen LogP contribution < -0.4 is 0 Å². The third-order valence-corrected chi connectivity index (χ3v) is 41.9. The number of rotatable bonds is 64. The average Bonchev–Trinajstić information content (AvgIpc) is 0.829. The lowest BCUT2D eigenvalue weighted by Gasteiger charge is -2.37. The molecule has 776 valence electrons. The van der Waals surface area contributed by atoms with Crippen molar-refractivity contribution in [3.8, 4) is 0 Å². The molecule has 0 aliphatic rings. The smallest absolute Gasteiger partial charge is 0.306 e. The highest BCUT2D eigenvalue weighted by molar-refractivity contribution is 8.50. The van der Waals surface area contributed by atoms with Crippen LogP contribution in [0.5, 0.6) is 0 Å². The minimum Gasteiger partial charge on any atom is -0.465 e. The van der Waals surface area contributed by atoms with Crippen molar-refractivity contribution in [3.05, 3.63) is 287 Å². The summed E-state index contributed by atoms with van der Waals surface area (Å²) in [4.78, 5) is 116. The van der Waals surface area contributed by atoms with Crippen LogP contribution in [0.15, 0.2) is 243 Å². The van der Waals surface area contributed by atoms with E-state index in [0.717, 1.165) is 44.5 Å². The SMILES string of the molecule is O=C(CCSC(=S)SCc1ccccc1)OCC(COCC(COC(=O)CCSC(=S)SCc1ccccc1)(COC(=O)CCSC(=S)SCc1ccccc1)COC(=O)CCSC(=S)SCc1ccccc1)(COCC(COC(=O)CCSC(=S)SCc1ccccc1)(COC(=O)CCSC(=S)SCc1ccccc1)COC(=O)CCSC(=S)SCc1ccccc1)COC(=O)CCSC(=S)SCc1ccccc1. The molecule has 18 nitrogen and oxygen atoms in total. The van der Waals surface area contributed by atoms with Gasteiger partial charge in [0.25, 0.3) is 0 Å². The monoisotopic (exact) mass is 2400 g/mol. The van der Waals surface area contributed by atoms with E-state index in [1.54, 1.807) is 0 Å². The zero-order valence-corrected chi connectivity index (χ0v) is 98.8. The topological polar surface area (TPSA) is 229 Å². The molecule has 0 spiro atoms. The quantitative estimate of drug-likeness (QED) is 0.0196. The van der Waals surface area contributed by atoms with Gasteiger partial charge < -0.3 is 47.4 Å². The fourth-order valence-corrected chi connectivity index (χ4v) is 28.8. The first-order valence-electron chi connectivity index (χ1n) is 45.4. The standard InChI is InChI=1S/C103H112O18S24/c104-85(41-49-130-93(122)138-57-77-25-9-1-10-26-77)114-69-101(70-115-86(105)42-50-131-94(123)139-58-78-27-11-2-12-28-78,65-112-67-102(71-116-87(106)43-51-132-95(124)140-59-79-29-13-3-14-30-79,72-117-88(107)44-52-133-96(125)141-60-80-31-15-4-16-32-80)73-118-89(108)45-53-134-97(126)142-61-81-33-17-5-18-34-81)66-113-68-103(74-119-90(109)46-54-135-98(127)143-62-82-35-19-6-20-36-82,75-120-91(110)47-55-136-99(128)144-63-83-37-21-7-22-38-83)76-121-92(111)48-56-137-100(129)145-64-84-39-23-8-24-40-84/h1-40H,41-76H2. The van der Waals surface area contributed by atoms with Gasteiger partial charge in [0.2, 0.25) is 0 Å². The Labute approximate surface area is 962 Å². The lowest BCUT2D eigenvalue weighted by atomic mass is 9.89. The molecule has 0 atom stereocenters. The maximum atomic E-state index is 14.7. The van der Waals surface area contributed by atoms with Crippen molar-refractivity contribution < 1.29 is 85.7 Å². The van der Waals surface area contributed by atoms with E-state index in [1.165, 1.54) is 188 Å². The van der Waals surface area contributed by atoms with Gasteiger partial charge >= 0.3 is 47.8 Å². The largest absolute Gasteiger partial charge is 0.465 e. The summed E-state index contributed by atoms with van der Waals surface area (Å²) < 4.78 is 68.8. The molecular weight excluding hydrogens is 2290 g/mol. The summed E-state index contributed by atoms with van der Waals surface area (Å²) in [6, 6.07) is 78.5. The fraction of sp³-hybridized carbons (Fsp3) is 0.379. The lowest BCUT2D eigenvalue weighted by Crippen LogP contribution is -2.48. The lowest BCUT2D eigenvalue weighted by molar-refractivity contribution is -0.177. The second-order valence-corrected chi connectivity index (χ2v) is 57.9. The van der Waals surface area contributed by atoms with Crippen LogP contribution in [0.1, 0.15) is 95.9 Å². The molecule has 8 aromatic carbocycles. The Bertz CT molecular complexity index is 4610. The van der Waals surface area contributed by atoms with Gasteiger partial charge in [-0.05, 0) is 44.5 Å². The van der Waals surface area contributed by atoms with E-state index >= 15 is 0 Å². The Morgan fingerprint density at radius 1 is 0.166 bits per heavy atom. The van der Waals surface area contributed by atoms with Crippen LogP contribution in [0.3, 0.4) is 0 Å². The summed E-state index contributed by atoms with van der Waals surface area (Å²) in [5, 5.41) is 0. The van der Waals surface area contributed by atoms with Crippen LogP contribution >= 0.6 is 286 Å². The van der Waals surface area contributed by atoms with E-state index in [1.807, 2.05) is 243 Å². The summed E-state index contributed by atoms with van der Waals surface area (Å²) in [5.74, 6) is 1.07. The van der Waals surface area contributed by atoms with Gasteiger partial charge in [0.15, 0.2) is 0 Å². The Hall–Kier alpha value is -4.24. The zero-order chi connectivity index (χ0) is 103. The molecule has 0 fully saturated rings. The highest BCUT2D eigenvalue weighted by atomic mass is 32.3. The summed E-state index contributed by atoms with van der Waals surface area (Å²) >= 11 is 68.2. The van der Waals surface area contributed by atoms with E-state index in [4.69, 9.17) is 145 Å². The first-order chi connectivity index (χ1) is 70.3. The van der Waals surface area contributed by atoms with E-state index in [9.17, 15) is 38.4 Å². The summed E-state index contributed by atoms with van der Waals surface area (Å²) in [7, 11) is 0. The van der Waals surface area contributed by atoms with E-state index < -0.39 is 143 Å². The first-order valence-corrected chi connectivity index (χ1v) is 64.5. The number of carbonyl (C=O) groups excluding carboxylic acids is 8. The molecule has 8 rings (SSSR count). The first kappa shape index (κ1) is 126. The summed E-state index contributed by atoms with van der Waals surface area (Å²) in [6.45, 7) is -6.98. The van der Waals surface area contributed by atoms with Crippen molar-refractivity contribution in [2.45, 2.75) is 97.4 Å². The zero-order valence-electron chi connectivity index (χ0n) is 79.2. The minimum atomic E-state index is -1.81. The number of ether oxygens (including phenoxy) is 10. The van der Waals surface area contributed by atoms with Gasteiger partial charge in [0.05, 0.1) is 94.0 Å². The molecule has 0 N–H and O–H groups in total. The van der Waals surface area contributed by atoms with Crippen LogP contribution in [0.4, 0.5) is 0 Å². The normalized spacial score (nSPS) is 11.3. The van der Waals surface area contributed by atoms with Gasteiger partial charge in [-0.15, -0.1) is 188 Å². The molecule has 0 aliphatic carbocycles. The Kier molecular flexibility index (Phi) is 66.3. The van der Waals surface area contributed by atoms with Crippen LogP contribution in [0, 0.1) is 16.2 Å². The molecular formula is C103H112O18S24. The van der Waals surface area contributed by atoms with Gasteiger partial charge in [-0.1, -0.05) is 340 Å². The number of benzene rings is 8. The number of carbonyl (C=O) groups is 8. The van der Waals surface area contributed by atoms with Crippen molar-refractivity contribution >= 4 is 362 Å². The molecule has 0 aromatic heterocycles. The Balaban J connectivity index is 1.16. The van der Waals surface area contributed by atoms with Gasteiger partial charge in [-0.2, -0.15) is 0 Å². The van der Waals surface area contributed by atoms with Crippen molar-refractivity contribution in [1.29, 1.82) is 0 Å². The molecule has 0 bridgehead atoms. The second kappa shape index (κ2) is 76.3. The van der Waals surface area contributed by atoms with E-state index in [-0.39, 0.29) is 97.4 Å². The molecule has 0 amide bonds. The van der Waals surface area contributed by atoms with Crippen LogP contribution in [0.25, 0.3) is 0 Å². The molecule has 0 radical (unpaired) electrons. The maximum absolute atomic E-state index is 14.7. The molecule has 145 heavy (non-hydrogen) atoms. The number of thiocarbonyl (C=S) groups is 8. The molecule has 0 heterocycles. The predicted octanol–water partition coefficient (Wildman–Crippen LogP) is 27.1. The van der Waals surface area contributed by atoms with Crippen molar-refractivity contribution in [2.75, 3.05) is 125 Å². The maximum Gasteiger partial charge on any atom is 0.306 e. The molecule has 42 heteroatoms. The minimum absolute atomic E-state index is 0.135. The number of hydrogen-bond acceptors (Lipinski definition) is 42. The van der Waals surface area contributed by atoms with Crippen molar-refractivity contribution in [3.63, 3.8) is 0 Å². The van der Waals surface area contributed by atoms with Gasteiger partial charge in [-0.3, -0.25) is 38.4 Å².